The number of nitrogens with zero attached hydrogens (tertiary/aromatic N) is 5. The lowest BCUT2D eigenvalue weighted by Gasteiger charge is -2.39. The summed E-state index contributed by atoms with van der Waals surface area (Å²) in [5.74, 6) is 1.85. The predicted octanol–water partition coefficient (Wildman–Crippen LogP) is 2.05. The fourth-order valence-corrected chi connectivity index (χ4v) is 4.12. The topological polar surface area (TPSA) is 45.9 Å². The minimum atomic E-state index is 0.361. The fourth-order valence-electron chi connectivity index (χ4n) is 4.12. The van der Waals surface area contributed by atoms with Crippen LogP contribution >= 0.6 is 0 Å². The van der Waals surface area contributed by atoms with Crippen LogP contribution in [0.25, 0.3) is 5.65 Å². The van der Waals surface area contributed by atoms with Gasteiger partial charge in [0.25, 0.3) is 0 Å². The van der Waals surface area contributed by atoms with E-state index in [1.54, 1.807) is 6.20 Å². The van der Waals surface area contributed by atoms with Crippen molar-refractivity contribution in [1.82, 2.24) is 19.5 Å². The third kappa shape index (κ3) is 3.39. The van der Waals surface area contributed by atoms with Crippen molar-refractivity contribution in [3.05, 3.63) is 24.5 Å². The summed E-state index contributed by atoms with van der Waals surface area (Å²) in [6.45, 7) is 9.90. The molecule has 2 saturated heterocycles. The van der Waals surface area contributed by atoms with E-state index in [2.05, 4.69) is 39.8 Å². The maximum absolute atomic E-state index is 5.84. The van der Waals surface area contributed by atoms with Gasteiger partial charge in [-0.15, -0.1) is 5.10 Å². The Bertz CT molecular complexity index is 669. The van der Waals surface area contributed by atoms with E-state index in [1.807, 2.05) is 16.8 Å². The Morgan fingerprint density at radius 3 is 2.62 bits per heavy atom. The Labute approximate surface area is 143 Å². The summed E-state index contributed by atoms with van der Waals surface area (Å²) in [5, 5.41) is 4.67. The highest BCUT2D eigenvalue weighted by atomic mass is 16.5. The highest BCUT2D eigenvalue weighted by molar-refractivity contribution is 5.45. The number of aromatic nitrogens is 3. The van der Waals surface area contributed by atoms with Gasteiger partial charge in [-0.05, 0) is 44.7 Å². The maximum atomic E-state index is 5.84. The van der Waals surface area contributed by atoms with Crippen LogP contribution in [0.2, 0.25) is 0 Å². The van der Waals surface area contributed by atoms with Crippen molar-refractivity contribution in [2.45, 2.75) is 38.9 Å². The molecule has 2 fully saturated rings. The molecule has 0 aliphatic carbocycles. The zero-order chi connectivity index (χ0) is 16.5. The number of rotatable bonds is 3. The lowest BCUT2D eigenvalue weighted by Crippen LogP contribution is -2.48. The van der Waals surface area contributed by atoms with E-state index in [0.29, 0.717) is 12.2 Å². The van der Waals surface area contributed by atoms with Gasteiger partial charge in [0.15, 0.2) is 5.65 Å². The monoisotopic (exact) mass is 329 g/mol. The van der Waals surface area contributed by atoms with Crippen molar-refractivity contribution < 1.29 is 4.74 Å². The minimum absolute atomic E-state index is 0.361. The SMILES string of the molecule is C[C@@H]1CN(CC2CCN(c3ccc4nccn4n3)CC2)C[C@H](C)O1. The van der Waals surface area contributed by atoms with E-state index in [4.69, 9.17) is 4.74 Å². The Kier molecular flexibility index (Phi) is 4.41. The van der Waals surface area contributed by atoms with Gasteiger partial charge in [0.2, 0.25) is 0 Å². The van der Waals surface area contributed by atoms with Crippen LogP contribution in [0.5, 0.6) is 0 Å². The summed E-state index contributed by atoms with van der Waals surface area (Å²) in [5.41, 5.74) is 0.907. The second-order valence-corrected chi connectivity index (χ2v) is 7.33. The molecule has 0 saturated carbocycles. The molecule has 0 aromatic carbocycles. The van der Waals surface area contributed by atoms with Crippen molar-refractivity contribution in [1.29, 1.82) is 0 Å². The first-order valence-corrected chi connectivity index (χ1v) is 9.10. The smallest absolute Gasteiger partial charge is 0.153 e. The third-order valence-electron chi connectivity index (χ3n) is 5.19. The molecule has 24 heavy (non-hydrogen) atoms. The summed E-state index contributed by atoms with van der Waals surface area (Å²) < 4.78 is 7.70. The van der Waals surface area contributed by atoms with Crippen molar-refractivity contribution in [2.24, 2.45) is 5.92 Å². The largest absolute Gasteiger partial charge is 0.373 e. The summed E-state index contributed by atoms with van der Waals surface area (Å²) in [6, 6.07) is 4.14. The van der Waals surface area contributed by atoms with Gasteiger partial charge in [-0.1, -0.05) is 0 Å². The number of hydrogen-bond donors (Lipinski definition) is 0. The molecule has 0 N–H and O–H groups in total. The first-order chi connectivity index (χ1) is 11.7. The van der Waals surface area contributed by atoms with E-state index >= 15 is 0 Å². The second kappa shape index (κ2) is 6.69. The van der Waals surface area contributed by atoms with Gasteiger partial charge in [0.1, 0.15) is 5.82 Å². The van der Waals surface area contributed by atoms with Gasteiger partial charge in [0, 0.05) is 45.1 Å². The number of piperidine rings is 1. The third-order valence-corrected chi connectivity index (χ3v) is 5.19. The zero-order valence-corrected chi connectivity index (χ0v) is 14.6. The molecule has 4 rings (SSSR count). The van der Waals surface area contributed by atoms with Crippen LogP contribution in [0.3, 0.4) is 0 Å². The predicted molar refractivity (Wildman–Crippen MR) is 94.4 cm³/mol. The van der Waals surface area contributed by atoms with Crippen LogP contribution in [0.1, 0.15) is 26.7 Å². The second-order valence-electron chi connectivity index (χ2n) is 7.33. The molecular formula is C18H27N5O. The molecule has 0 bridgehead atoms. The van der Waals surface area contributed by atoms with Crippen molar-refractivity contribution in [3.63, 3.8) is 0 Å². The molecule has 4 heterocycles. The minimum Gasteiger partial charge on any atom is -0.373 e. The Morgan fingerprint density at radius 2 is 1.88 bits per heavy atom. The van der Waals surface area contributed by atoms with Crippen LogP contribution in [-0.4, -0.2) is 64.4 Å². The standard InChI is InChI=1S/C18H27N5O/c1-14-11-21(12-15(2)24-14)13-16-5-8-22(9-6-16)18-4-3-17-19-7-10-23(17)20-18/h3-4,7,10,14-16H,5-6,8-9,11-13H2,1-2H3/t14-,15+. The number of anilines is 1. The average Bonchev–Trinajstić information content (AvgIpc) is 3.02. The summed E-state index contributed by atoms with van der Waals surface area (Å²) in [7, 11) is 0. The number of fused-ring (bicyclic) bond motifs is 1. The molecule has 2 aliphatic heterocycles. The molecule has 6 nitrogen and oxygen atoms in total. The van der Waals surface area contributed by atoms with Gasteiger partial charge >= 0.3 is 0 Å². The molecule has 2 aromatic heterocycles. The molecule has 0 radical (unpaired) electrons. The summed E-state index contributed by atoms with van der Waals surface area (Å²) in [4.78, 5) is 9.26. The summed E-state index contributed by atoms with van der Waals surface area (Å²) in [6.07, 6.45) is 6.91. The number of imidazole rings is 1. The number of ether oxygens (including phenoxy) is 1. The Morgan fingerprint density at radius 1 is 1.12 bits per heavy atom. The van der Waals surface area contributed by atoms with Gasteiger partial charge in [-0.25, -0.2) is 9.50 Å². The lowest BCUT2D eigenvalue weighted by molar-refractivity contribution is -0.0720. The molecule has 0 amide bonds. The lowest BCUT2D eigenvalue weighted by atomic mass is 9.95. The quantitative estimate of drug-likeness (QED) is 0.862. The van der Waals surface area contributed by atoms with Gasteiger partial charge in [0.05, 0.1) is 12.2 Å². The van der Waals surface area contributed by atoms with Crippen LogP contribution in [-0.2, 0) is 4.74 Å². The van der Waals surface area contributed by atoms with Crippen LogP contribution < -0.4 is 4.90 Å². The van der Waals surface area contributed by atoms with Crippen molar-refractivity contribution in [2.75, 3.05) is 37.6 Å². The fraction of sp³-hybridized carbons (Fsp3) is 0.667. The molecular weight excluding hydrogens is 302 g/mol. The van der Waals surface area contributed by atoms with E-state index in [-0.39, 0.29) is 0 Å². The van der Waals surface area contributed by atoms with E-state index in [1.165, 1.54) is 19.4 Å². The Balaban J connectivity index is 1.33. The molecule has 2 atom stereocenters. The van der Waals surface area contributed by atoms with Gasteiger partial charge in [-0.2, -0.15) is 0 Å². The number of hydrogen-bond acceptors (Lipinski definition) is 5. The van der Waals surface area contributed by atoms with Crippen LogP contribution in [0.4, 0.5) is 5.82 Å². The average molecular weight is 329 g/mol. The molecule has 2 aliphatic rings. The Hall–Kier alpha value is -1.66. The molecule has 0 unspecified atom stereocenters. The maximum Gasteiger partial charge on any atom is 0.153 e. The van der Waals surface area contributed by atoms with Crippen LogP contribution in [0, 0.1) is 5.92 Å². The normalized spacial score (nSPS) is 27.0. The summed E-state index contributed by atoms with van der Waals surface area (Å²) >= 11 is 0. The first-order valence-electron chi connectivity index (χ1n) is 9.10. The van der Waals surface area contributed by atoms with Crippen LogP contribution in [0.15, 0.2) is 24.5 Å². The highest BCUT2D eigenvalue weighted by Crippen LogP contribution is 2.24. The molecule has 2 aromatic rings. The van der Waals surface area contributed by atoms with Gasteiger partial charge in [-0.3, -0.25) is 4.90 Å². The zero-order valence-electron chi connectivity index (χ0n) is 14.6. The van der Waals surface area contributed by atoms with Gasteiger partial charge < -0.3 is 9.64 Å². The van der Waals surface area contributed by atoms with E-state index in [0.717, 1.165) is 43.6 Å². The molecule has 6 heteroatoms. The molecule has 0 spiro atoms. The van der Waals surface area contributed by atoms with E-state index in [9.17, 15) is 0 Å². The van der Waals surface area contributed by atoms with Crippen molar-refractivity contribution in [3.8, 4) is 0 Å². The first kappa shape index (κ1) is 15.8. The molecule has 130 valence electrons. The highest BCUT2D eigenvalue weighted by Gasteiger charge is 2.27. The van der Waals surface area contributed by atoms with E-state index < -0.39 is 0 Å². The van der Waals surface area contributed by atoms with Crippen molar-refractivity contribution >= 4 is 11.5 Å². The number of morpholine rings is 1.